The minimum absolute atomic E-state index is 0.0520. The number of carbonyl (C=O) groups excluding carboxylic acids is 1. The van der Waals surface area contributed by atoms with Crippen LogP contribution in [0.2, 0.25) is 0 Å². The molecule has 0 saturated heterocycles. The van der Waals surface area contributed by atoms with Crippen molar-refractivity contribution in [2.75, 3.05) is 0 Å². The van der Waals surface area contributed by atoms with Crippen molar-refractivity contribution in [2.24, 2.45) is 11.8 Å². The Morgan fingerprint density at radius 1 is 0.864 bits per heavy atom. The maximum absolute atomic E-state index is 12.5. The Morgan fingerprint density at radius 2 is 1.27 bits per heavy atom. The van der Waals surface area contributed by atoms with Crippen molar-refractivity contribution in [3.63, 3.8) is 0 Å². The van der Waals surface area contributed by atoms with Gasteiger partial charge >= 0.3 is 6.03 Å². The molecule has 2 heterocycles. The molecule has 0 aliphatic rings. The molecule has 2 rings (SSSR count). The van der Waals surface area contributed by atoms with Gasteiger partial charge in [0.1, 0.15) is 0 Å². The van der Waals surface area contributed by atoms with Gasteiger partial charge in [-0.05, 0) is 34.7 Å². The number of carbonyl (C=O) groups is 1. The zero-order valence-electron chi connectivity index (χ0n) is 13.5. The van der Waals surface area contributed by atoms with Gasteiger partial charge in [0.2, 0.25) is 0 Å². The molecule has 2 amide bonds. The molecule has 2 aromatic heterocycles. The number of urea groups is 1. The van der Waals surface area contributed by atoms with Gasteiger partial charge < -0.3 is 10.6 Å². The van der Waals surface area contributed by atoms with E-state index in [1.54, 1.807) is 22.7 Å². The quantitative estimate of drug-likeness (QED) is 0.747. The number of amides is 2. The number of hydrogen-bond acceptors (Lipinski definition) is 3. The fraction of sp³-hybridized carbons (Fsp3) is 0.471. The molecule has 5 heteroatoms. The molecular weight excluding hydrogens is 312 g/mol. The highest BCUT2D eigenvalue weighted by molar-refractivity contribution is 7.10. The lowest BCUT2D eigenvalue weighted by atomic mass is 10.0. The van der Waals surface area contributed by atoms with Crippen LogP contribution in [-0.4, -0.2) is 6.03 Å². The molecule has 120 valence electrons. The summed E-state index contributed by atoms with van der Waals surface area (Å²) in [6.45, 7) is 8.52. The molecule has 2 unspecified atom stereocenters. The van der Waals surface area contributed by atoms with Crippen LogP contribution in [0, 0.1) is 11.8 Å². The van der Waals surface area contributed by atoms with Crippen molar-refractivity contribution in [2.45, 2.75) is 39.8 Å². The first-order valence-corrected chi connectivity index (χ1v) is 9.38. The number of thiophene rings is 2. The summed E-state index contributed by atoms with van der Waals surface area (Å²) in [6.07, 6.45) is 0. The molecule has 0 bridgehead atoms. The Morgan fingerprint density at radius 3 is 1.55 bits per heavy atom. The van der Waals surface area contributed by atoms with Crippen molar-refractivity contribution < 1.29 is 4.79 Å². The van der Waals surface area contributed by atoms with Crippen LogP contribution in [0.1, 0.15) is 49.5 Å². The Labute approximate surface area is 140 Å². The molecule has 2 aromatic rings. The molecule has 0 aromatic carbocycles. The summed E-state index contributed by atoms with van der Waals surface area (Å²) in [5.74, 6) is 0.701. The largest absolute Gasteiger partial charge is 0.330 e. The van der Waals surface area contributed by atoms with Crippen LogP contribution in [-0.2, 0) is 0 Å². The predicted molar refractivity (Wildman–Crippen MR) is 95.5 cm³/mol. The molecule has 0 aliphatic heterocycles. The van der Waals surface area contributed by atoms with Gasteiger partial charge in [-0.2, -0.15) is 0 Å². The van der Waals surface area contributed by atoms with Gasteiger partial charge in [0.05, 0.1) is 12.1 Å². The van der Waals surface area contributed by atoms with E-state index in [-0.39, 0.29) is 18.1 Å². The fourth-order valence-electron chi connectivity index (χ4n) is 2.39. The fourth-order valence-corrected chi connectivity index (χ4v) is 4.29. The lowest BCUT2D eigenvalue weighted by Crippen LogP contribution is -2.42. The lowest BCUT2D eigenvalue weighted by molar-refractivity contribution is 0.226. The molecular formula is C17H24N2OS2. The Kier molecular flexibility index (Phi) is 6.03. The zero-order valence-corrected chi connectivity index (χ0v) is 15.1. The van der Waals surface area contributed by atoms with E-state index in [0.29, 0.717) is 11.8 Å². The van der Waals surface area contributed by atoms with Crippen LogP contribution in [0.25, 0.3) is 0 Å². The van der Waals surface area contributed by atoms with E-state index in [4.69, 9.17) is 0 Å². The van der Waals surface area contributed by atoms with Gasteiger partial charge in [-0.25, -0.2) is 4.79 Å². The summed E-state index contributed by atoms with van der Waals surface area (Å²) in [7, 11) is 0. The monoisotopic (exact) mass is 336 g/mol. The van der Waals surface area contributed by atoms with Crippen molar-refractivity contribution in [1.82, 2.24) is 10.6 Å². The predicted octanol–water partition coefficient (Wildman–Crippen LogP) is 5.20. The third-order valence-corrected chi connectivity index (χ3v) is 5.52. The topological polar surface area (TPSA) is 41.1 Å². The molecule has 2 N–H and O–H groups in total. The molecule has 0 spiro atoms. The second kappa shape index (κ2) is 7.79. The molecule has 22 heavy (non-hydrogen) atoms. The molecule has 0 fully saturated rings. The average Bonchev–Trinajstić information content (AvgIpc) is 3.14. The van der Waals surface area contributed by atoms with E-state index in [2.05, 4.69) is 50.5 Å². The van der Waals surface area contributed by atoms with Gasteiger partial charge in [-0.3, -0.25) is 0 Å². The van der Waals surface area contributed by atoms with Crippen molar-refractivity contribution >= 4 is 28.7 Å². The highest BCUT2D eigenvalue weighted by Gasteiger charge is 2.23. The van der Waals surface area contributed by atoms with Gasteiger partial charge in [0.25, 0.3) is 0 Å². The van der Waals surface area contributed by atoms with Crippen molar-refractivity contribution in [1.29, 1.82) is 0 Å². The Hall–Kier alpha value is -1.33. The van der Waals surface area contributed by atoms with Gasteiger partial charge in [0, 0.05) is 9.75 Å². The SMILES string of the molecule is CC(C)C(NC(=O)NC(c1cccs1)C(C)C)c1cccs1. The Balaban J connectivity index is 2.04. The van der Waals surface area contributed by atoms with Crippen molar-refractivity contribution in [3.05, 3.63) is 44.8 Å². The van der Waals surface area contributed by atoms with Crippen LogP contribution < -0.4 is 10.6 Å². The average molecular weight is 337 g/mol. The summed E-state index contributed by atoms with van der Waals surface area (Å²) in [5, 5.41) is 10.4. The summed E-state index contributed by atoms with van der Waals surface area (Å²) in [5.41, 5.74) is 0. The number of nitrogens with one attached hydrogen (secondary N) is 2. The van der Waals surface area contributed by atoms with E-state index >= 15 is 0 Å². The molecule has 0 aliphatic carbocycles. The van der Waals surface area contributed by atoms with E-state index in [1.807, 2.05) is 22.9 Å². The van der Waals surface area contributed by atoms with Gasteiger partial charge in [-0.15, -0.1) is 22.7 Å². The standard InChI is InChI=1S/C17H24N2OS2/c1-11(2)15(13-7-5-9-21-13)18-17(20)19-16(12(3)4)14-8-6-10-22-14/h5-12,15-16H,1-4H3,(H2,18,19,20). The maximum atomic E-state index is 12.5. The second-order valence-corrected chi connectivity index (χ2v) is 8.05. The normalized spacial score (nSPS) is 14.1. The van der Waals surface area contributed by atoms with E-state index in [0.717, 1.165) is 0 Å². The van der Waals surface area contributed by atoms with Crippen LogP contribution in [0.5, 0.6) is 0 Å². The minimum atomic E-state index is -0.0980. The highest BCUT2D eigenvalue weighted by Crippen LogP contribution is 2.28. The lowest BCUT2D eigenvalue weighted by Gasteiger charge is -2.25. The minimum Gasteiger partial charge on any atom is -0.330 e. The Bertz CT molecular complexity index is 511. The van der Waals surface area contributed by atoms with Crippen LogP contribution >= 0.6 is 22.7 Å². The first-order chi connectivity index (χ1) is 10.5. The van der Waals surface area contributed by atoms with Crippen LogP contribution in [0.15, 0.2) is 35.0 Å². The zero-order chi connectivity index (χ0) is 16.1. The van der Waals surface area contributed by atoms with Gasteiger partial charge in [-0.1, -0.05) is 39.8 Å². The number of hydrogen-bond donors (Lipinski definition) is 2. The summed E-state index contributed by atoms with van der Waals surface area (Å²) < 4.78 is 0. The van der Waals surface area contributed by atoms with E-state index in [1.165, 1.54) is 9.75 Å². The third-order valence-electron chi connectivity index (χ3n) is 3.61. The molecule has 2 atom stereocenters. The molecule has 0 radical (unpaired) electrons. The smallest absolute Gasteiger partial charge is 0.315 e. The first kappa shape index (κ1) is 17.0. The maximum Gasteiger partial charge on any atom is 0.315 e. The third kappa shape index (κ3) is 4.34. The van der Waals surface area contributed by atoms with Gasteiger partial charge in [0.15, 0.2) is 0 Å². The highest BCUT2D eigenvalue weighted by atomic mass is 32.1. The van der Waals surface area contributed by atoms with E-state index in [9.17, 15) is 4.79 Å². The number of rotatable bonds is 6. The van der Waals surface area contributed by atoms with Crippen LogP contribution in [0.3, 0.4) is 0 Å². The summed E-state index contributed by atoms with van der Waals surface area (Å²) in [4.78, 5) is 14.8. The summed E-state index contributed by atoms with van der Waals surface area (Å²) >= 11 is 3.37. The second-order valence-electron chi connectivity index (χ2n) is 6.09. The molecule has 0 saturated carbocycles. The molecule has 3 nitrogen and oxygen atoms in total. The summed E-state index contributed by atoms with van der Waals surface area (Å²) in [6, 6.07) is 8.21. The first-order valence-electron chi connectivity index (χ1n) is 7.63. The van der Waals surface area contributed by atoms with Crippen molar-refractivity contribution in [3.8, 4) is 0 Å². The van der Waals surface area contributed by atoms with Crippen LogP contribution in [0.4, 0.5) is 4.79 Å². The van der Waals surface area contributed by atoms with E-state index < -0.39 is 0 Å².